The number of carbonyl (C=O) groups is 2. The largest absolute Gasteiger partial charge is 0.464 e. The summed E-state index contributed by atoms with van der Waals surface area (Å²) in [6.45, 7) is 3.67. The second kappa shape index (κ2) is 7.51. The summed E-state index contributed by atoms with van der Waals surface area (Å²) < 4.78 is 10.2. The van der Waals surface area contributed by atoms with Gasteiger partial charge in [0.15, 0.2) is 16.6 Å². The van der Waals surface area contributed by atoms with Crippen molar-refractivity contribution in [3.05, 3.63) is 10.6 Å². The number of nitrogens with zero attached hydrogens (tertiary/aromatic N) is 1. The van der Waals surface area contributed by atoms with Crippen LogP contribution in [0.5, 0.6) is 0 Å². The Labute approximate surface area is 127 Å². The van der Waals surface area contributed by atoms with Gasteiger partial charge in [0.25, 0.3) is 0 Å². The second-order valence-corrected chi connectivity index (χ2v) is 6.04. The fourth-order valence-corrected chi connectivity index (χ4v) is 2.65. The molecule has 0 bridgehead atoms. The van der Waals surface area contributed by atoms with Crippen molar-refractivity contribution in [2.24, 2.45) is 5.92 Å². The number of hydrogen-bond donors (Lipinski definition) is 1. The fraction of sp³-hybridized carbons (Fsp3) is 0.643. The molecule has 1 aromatic heterocycles. The molecule has 0 saturated heterocycles. The lowest BCUT2D eigenvalue weighted by Gasteiger charge is -2.03. The highest BCUT2D eigenvalue weighted by atomic mass is 32.1. The van der Waals surface area contributed by atoms with Crippen molar-refractivity contribution in [2.45, 2.75) is 26.2 Å². The van der Waals surface area contributed by atoms with E-state index in [-0.39, 0.29) is 11.5 Å². The topological polar surface area (TPSA) is 77.5 Å². The van der Waals surface area contributed by atoms with Gasteiger partial charge in [-0.2, -0.15) is 0 Å². The molecule has 2 rings (SSSR count). The molecule has 1 N–H and O–H groups in total. The molecule has 0 aromatic carbocycles. The van der Waals surface area contributed by atoms with Crippen LogP contribution in [-0.2, 0) is 9.47 Å². The third-order valence-electron chi connectivity index (χ3n) is 3.12. The van der Waals surface area contributed by atoms with Crippen molar-refractivity contribution in [2.75, 3.05) is 32.2 Å². The van der Waals surface area contributed by atoms with E-state index in [0.29, 0.717) is 23.2 Å². The Balaban J connectivity index is 1.79. The van der Waals surface area contributed by atoms with Gasteiger partial charge >= 0.3 is 5.97 Å². The first-order chi connectivity index (χ1) is 10.1. The molecule has 1 saturated carbocycles. The Hall–Kier alpha value is -1.47. The zero-order valence-corrected chi connectivity index (χ0v) is 13.1. The van der Waals surface area contributed by atoms with Crippen LogP contribution < -0.4 is 5.32 Å². The van der Waals surface area contributed by atoms with E-state index in [4.69, 9.17) is 4.74 Å². The quantitative estimate of drug-likeness (QED) is 0.428. The summed E-state index contributed by atoms with van der Waals surface area (Å²) in [6, 6.07) is 0. The van der Waals surface area contributed by atoms with Gasteiger partial charge < -0.3 is 14.8 Å². The first-order valence-corrected chi connectivity index (χ1v) is 7.85. The van der Waals surface area contributed by atoms with E-state index in [9.17, 15) is 9.59 Å². The third kappa shape index (κ3) is 4.78. The van der Waals surface area contributed by atoms with Crippen LogP contribution >= 0.6 is 11.3 Å². The molecule has 0 radical (unpaired) electrons. The Morgan fingerprint density at radius 1 is 1.43 bits per heavy atom. The summed E-state index contributed by atoms with van der Waals surface area (Å²) >= 11 is 1.18. The summed E-state index contributed by atoms with van der Waals surface area (Å²) in [6.07, 6.45) is 3.44. The Morgan fingerprint density at radius 3 is 2.81 bits per heavy atom. The van der Waals surface area contributed by atoms with E-state index in [1.54, 1.807) is 0 Å². The summed E-state index contributed by atoms with van der Waals surface area (Å²) in [5.41, 5.74) is 0.0856. The van der Waals surface area contributed by atoms with Gasteiger partial charge in [-0.1, -0.05) is 11.3 Å². The SMILES string of the molecule is COC(=O)c1nc(NCCCOCC2CC2)sc1C(C)=O. The number of methoxy groups -OCH3 is 1. The standard InChI is InChI=1S/C14H20N2O4S/c1-9(17)12-11(13(18)19-2)16-14(21-12)15-6-3-7-20-8-10-4-5-10/h10H,3-8H2,1-2H3,(H,15,16). The number of Topliss-reactive ketones (excluding diaryl/α,β-unsaturated/α-hetero) is 1. The molecule has 0 amide bonds. The lowest BCUT2D eigenvalue weighted by molar-refractivity contribution is 0.0591. The van der Waals surface area contributed by atoms with Crippen LogP contribution in [0, 0.1) is 5.92 Å². The zero-order chi connectivity index (χ0) is 15.2. The fourth-order valence-electron chi connectivity index (χ4n) is 1.77. The van der Waals surface area contributed by atoms with Crippen LogP contribution in [0.15, 0.2) is 0 Å². The predicted molar refractivity (Wildman–Crippen MR) is 80.1 cm³/mol. The lowest BCUT2D eigenvalue weighted by Crippen LogP contribution is -2.08. The highest BCUT2D eigenvalue weighted by Gasteiger charge is 2.22. The Bertz CT molecular complexity index is 511. The summed E-state index contributed by atoms with van der Waals surface area (Å²) in [4.78, 5) is 27.5. The molecule has 21 heavy (non-hydrogen) atoms. The maximum absolute atomic E-state index is 11.6. The molecule has 1 heterocycles. The highest BCUT2D eigenvalue weighted by molar-refractivity contribution is 7.17. The molecule has 1 aliphatic carbocycles. The highest BCUT2D eigenvalue weighted by Crippen LogP contribution is 2.28. The molecule has 7 heteroatoms. The molecule has 0 unspecified atom stereocenters. The minimum absolute atomic E-state index is 0.0856. The van der Waals surface area contributed by atoms with Crippen molar-refractivity contribution in [3.63, 3.8) is 0 Å². The second-order valence-electron chi connectivity index (χ2n) is 5.04. The van der Waals surface area contributed by atoms with Gasteiger partial charge in [0.05, 0.1) is 7.11 Å². The maximum atomic E-state index is 11.6. The minimum atomic E-state index is -0.586. The molecule has 0 aliphatic heterocycles. The van der Waals surface area contributed by atoms with Crippen molar-refractivity contribution >= 4 is 28.2 Å². The number of hydrogen-bond acceptors (Lipinski definition) is 7. The van der Waals surface area contributed by atoms with Crippen molar-refractivity contribution in [1.29, 1.82) is 0 Å². The molecule has 1 aliphatic rings. The number of nitrogens with one attached hydrogen (secondary N) is 1. The van der Waals surface area contributed by atoms with E-state index in [1.807, 2.05) is 0 Å². The summed E-state index contributed by atoms with van der Waals surface area (Å²) in [7, 11) is 1.27. The van der Waals surface area contributed by atoms with Crippen LogP contribution in [0.2, 0.25) is 0 Å². The monoisotopic (exact) mass is 312 g/mol. The molecular weight excluding hydrogens is 292 g/mol. The van der Waals surface area contributed by atoms with Crippen molar-refractivity contribution in [3.8, 4) is 0 Å². The summed E-state index contributed by atoms with van der Waals surface area (Å²) in [5, 5.41) is 3.67. The van der Waals surface area contributed by atoms with E-state index >= 15 is 0 Å². The van der Waals surface area contributed by atoms with Crippen molar-refractivity contribution in [1.82, 2.24) is 4.98 Å². The number of esters is 1. The van der Waals surface area contributed by atoms with E-state index in [2.05, 4.69) is 15.0 Å². The summed E-state index contributed by atoms with van der Waals surface area (Å²) in [5.74, 6) is 0.00337. The average molecular weight is 312 g/mol. The predicted octanol–water partition coefficient (Wildman–Crippen LogP) is 2.36. The number of carbonyl (C=O) groups excluding carboxylic acids is 2. The van der Waals surface area contributed by atoms with Gasteiger partial charge in [-0.25, -0.2) is 9.78 Å². The van der Waals surface area contributed by atoms with Crippen LogP contribution in [-0.4, -0.2) is 43.6 Å². The van der Waals surface area contributed by atoms with E-state index in [1.165, 1.54) is 38.2 Å². The van der Waals surface area contributed by atoms with Gasteiger partial charge in [0.2, 0.25) is 0 Å². The molecule has 0 atom stereocenters. The molecule has 1 fully saturated rings. The van der Waals surface area contributed by atoms with Crippen LogP contribution in [0.4, 0.5) is 5.13 Å². The van der Waals surface area contributed by atoms with Crippen molar-refractivity contribution < 1.29 is 19.1 Å². The van der Waals surface area contributed by atoms with Crippen LogP contribution in [0.1, 0.15) is 46.3 Å². The van der Waals surface area contributed by atoms with E-state index < -0.39 is 5.97 Å². The number of aromatic nitrogens is 1. The number of ether oxygens (including phenoxy) is 2. The van der Waals surface area contributed by atoms with Crippen LogP contribution in [0.25, 0.3) is 0 Å². The lowest BCUT2D eigenvalue weighted by atomic mass is 10.3. The van der Waals surface area contributed by atoms with Gasteiger partial charge in [0, 0.05) is 26.7 Å². The Kier molecular flexibility index (Phi) is 5.69. The minimum Gasteiger partial charge on any atom is -0.464 e. The first kappa shape index (κ1) is 15.9. The number of anilines is 1. The number of rotatable bonds is 9. The molecule has 116 valence electrons. The first-order valence-electron chi connectivity index (χ1n) is 7.03. The van der Waals surface area contributed by atoms with Gasteiger partial charge in [-0.05, 0) is 25.2 Å². The number of thiazole rings is 1. The number of ketones is 1. The maximum Gasteiger partial charge on any atom is 0.358 e. The molecular formula is C14H20N2O4S. The van der Waals surface area contributed by atoms with E-state index in [0.717, 1.165) is 18.9 Å². The molecule has 1 aromatic rings. The third-order valence-corrected chi connectivity index (χ3v) is 4.23. The normalized spacial score (nSPS) is 14.0. The van der Waals surface area contributed by atoms with Gasteiger partial charge in [-0.15, -0.1) is 0 Å². The molecule has 0 spiro atoms. The smallest absolute Gasteiger partial charge is 0.358 e. The van der Waals surface area contributed by atoms with Crippen LogP contribution in [0.3, 0.4) is 0 Å². The average Bonchev–Trinajstić information content (AvgIpc) is 3.19. The van der Waals surface area contributed by atoms with Gasteiger partial charge in [0.1, 0.15) is 4.88 Å². The Morgan fingerprint density at radius 2 is 2.19 bits per heavy atom. The molecule has 6 nitrogen and oxygen atoms in total. The van der Waals surface area contributed by atoms with Gasteiger partial charge in [-0.3, -0.25) is 4.79 Å². The zero-order valence-electron chi connectivity index (χ0n) is 12.3.